The molecule has 0 fully saturated rings. The molecule has 0 spiro atoms. The molecule has 11 heavy (non-hydrogen) atoms. The van der Waals surface area contributed by atoms with Crippen LogP contribution in [0.15, 0.2) is 0 Å². The quantitative estimate of drug-likeness (QED) is 0.465. The van der Waals surface area contributed by atoms with E-state index in [1.54, 1.807) is 0 Å². The summed E-state index contributed by atoms with van der Waals surface area (Å²) >= 11 is 0. The number of hydrogen-bond acceptors (Lipinski definition) is 3. The van der Waals surface area contributed by atoms with Crippen LogP contribution in [0.25, 0.3) is 0 Å². The molecule has 5 nitrogen and oxygen atoms in total. The van der Waals surface area contributed by atoms with Gasteiger partial charge in [-0.15, -0.1) is 12.4 Å². The first-order valence-electron chi connectivity index (χ1n) is 2.16. The Morgan fingerprint density at radius 1 is 1.27 bits per heavy atom. The second-order valence-corrected chi connectivity index (χ2v) is 1.45. The van der Waals surface area contributed by atoms with Crippen molar-refractivity contribution in [2.24, 2.45) is 0 Å². The number of aliphatic hydroxyl groups is 1. The lowest BCUT2D eigenvalue weighted by molar-refractivity contribution is -0.152. The Morgan fingerprint density at radius 3 is 1.73 bits per heavy atom. The van der Waals surface area contributed by atoms with Crippen molar-refractivity contribution in [1.82, 2.24) is 0 Å². The second-order valence-electron chi connectivity index (χ2n) is 1.45. The highest BCUT2D eigenvalue weighted by atomic mass is 35.5. The van der Waals surface area contributed by atoms with Crippen LogP contribution in [0.3, 0.4) is 0 Å². The normalized spacial score (nSPS) is 10.3. The SMILES string of the molecule is Cl.O=C(O)CC(O)C(=O)O.[AlH3]. The van der Waals surface area contributed by atoms with Gasteiger partial charge >= 0.3 is 11.9 Å². The van der Waals surface area contributed by atoms with Crippen LogP contribution in [0.5, 0.6) is 0 Å². The Hall–Kier alpha value is -0.278. The van der Waals surface area contributed by atoms with E-state index in [2.05, 4.69) is 0 Å². The number of hydrogen-bond donors (Lipinski definition) is 3. The lowest BCUT2D eigenvalue weighted by Crippen LogP contribution is -2.22. The van der Waals surface area contributed by atoms with E-state index in [1.807, 2.05) is 0 Å². The van der Waals surface area contributed by atoms with Gasteiger partial charge in [0.05, 0.1) is 6.42 Å². The highest BCUT2D eigenvalue weighted by Gasteiger charge is 2.16. The largest absolute Gasteiger partial charge is 0.481 e. The molecule has 1 atom stereocenters. The molecule has 0 radical (unpaired) electrons. The molecule has 66 valence electrons. The van der Waals surface area contributed by atoms with Gasteiger partial charge in [-0.05, 0) is 0 Å². The number of aliphatic hydroxyl groups excluding tert-OH is 1. The predicted octanol–water partition coefficient (Wildman–Crippen LogP) is -1.86. The lowest BCUT2D eigenvalue weighted by Gasteiger charge is -1.97. The molecule has 0 amide bonds. The van der Waals surface area contributed by atoms with Crippen LogP contribution in [-0.2, 0) is 9.59 Å². The summed E-state index contributed by atoms with van der Waals surface area (Å²) in [4.78, 5) is 19.4. The molecule has 1 unspecified atom stereocenters. The van der Waals surface area contributed by atoms with Gasteiger partial charge in [-0.2, -0.15) is 0 Å². The zero-order chi connectivity index (χ0) is 7.44. The van der Waals surface area contributed by atoms with Crippen molar-refractivity contribution in [3.05, 3.63) is 0 Å². The number of carboxylic acids is 2. The first-order chi connectivity index (χ1) is 4.04. The summed E-state index contributed by atoms with van der Waals surface area (Å²) in [6.45, 7) is 0. The third-order valence-electron chi connectivity index (χ3n) is 0.653. The Labute approximate surface area is 79.6 Å². The van der Waals surface area contributed by atoms with Crippen molar-refractivity contribution in [2.75, 3.05) is 0 Å². The number of carbonyl (C=O) groups is 2. The molecule has 0 aliphatic rings. The molecule has 0 aliphatic heterocycles. The van der Waals surface area contributed by atoms with Crippen LogP contribution < -0.4 is 0 Å². The van der Waals surface area contributed by atoms with Crippen LogP contribution in [0.2, 0.25) is 0 Å². The van der Waals surface area contributed by atoms with Gasteiger partial charge in [0.15, 0.2) is 23.5 Å². The summed E-state index contributed by atoms with van der Waals surface area (Å²) in [5, 5.41) is 24.1. The van der Waals surface area contributed by atoms with Crippen molar-refractivity contribution >= 4 is 41.7 Å². The standard InChI is InChI=1S/C4H6O5.Al.ClH.3H/c5-2(4(8)9)1-3(6)7;;;;;/h2,5H,1H2,(H,6,7)(H,8,9);;1H;;;. The minimum atomic E-state index is -1.79. The van der Waals surface area contributed by atoms with Gasteiger partial charge in [-0.1, -0.05) is 0 Å². The third-order valence-corrected chi connectivity index (χ3v) is 0.653. The molecule has 0 aromatic carbocycles. The van der Waals surface area contributed by atoms with Gasteiger partial charge < -0.3 is 15.3 Å². The molecular formula is C4H10AlClO5. The maximum Gasteiger partial charge on any atom is 0.333 e. The Kier molecular flexibility index (Phi) is 12.1. The zero-order valence-corrected chi connectivity index (χ0v) is 5.67. The van der Waals surface area contributed by atoms with E-state index >= 15 is 0 Å². The fraction of sp³-hybridized carbons (Fsp3) is 0.500. The topological polar surface area (TPSA) is 94.8 Å². The monoisotopic (exact) mass is 200 g/mol. The first kappa shape index (κ1) is 17.0. The van der Waals surface area contributed by atoms with Crippen LogP contribution >= 0.6 is 12.4 Å². The second kappa shape index (κ2) is 7.83. The highest BCUT2D eigenvalue weighted by molar-refractivity contribution is 5.85. The van der Waals surface area contributed by atoms with Crippen LogP contribution in [0.4, 0.5) is 0 Å². The maximum atomic E-state index is 9.72. The van der Waals surface area contributed by atoms with E-state index in [0.717, 1.165) is 0 Å². The van der Waals surface area contributed by atoms with E-state index in [-0.39, 0.29) is 29.8 Å². The number of aliphatic carboxylic acids is 2. The summed E-state index contributed by atoms with van der Waals surface area (Å²) in [5.41, 5.74) is 0. The molecule has 7 heteroatoms. The Bertz CT molecular complexity index is 138. The van der Waals surface area contributed by atoms with E-state index in [0.29, 0.717) is 0 Å². The maximum absolute atomic E-state index is 9.72. The van der Waals surface area contributed by atoms with Gasteiger partial charge in [0.2, 0.25) is 0 Å². The number of carboxylic acid groups (broad SMARTS) is 2. The molecule has 0 aromatic heterocycles. The predicted molar refractivity (Wildman–Crippen MR) is 43.1 cm³/mol. The van der Waals surface area contributed by atoms with Crippen molar-refractivity contribution in [3.63, 3.8) is 0 Å². The molecule has 0 aromatic rings. The molecule has 0 saturated carbocycles. The van der Waals surface area contributed by atoms with Crippen LogP contribution in [0, 0.1) is 0 Å². The van der Waals surface area contributed by atoms with Gasteiger partial charge in [-0.25, -0.2) is 4.79 Å². The molecule has 0 saturated heterocycles. The number of rotatable bonds is 3. The van der Waals surface area contributed by atoms with Crippen LogP contribution in [-0.4, -0.2) is 50.7 Å². The van der Waals surface area contributed by atoms with E-state index < -0.39 is 24.5 Å². The van der Waals surface area contributed by atoms with Crippen molar-refractivity contribution in [3.8, 4) is 0 Å². The van der Waals surface area contributed by atoms with Gasteiger partial charge in [0.1, 0.15) is 0 Å². The van der Waals surface area contributed by atoms with Crippen molar-refractivity contribution < 1.29 is 24.9 Å². The van der Waals surface area contributed by atoms with Gasteiger partial charge in [0.25, 0.3) is 0 Å². The average Bonchev–Trinajstić information content (AvgIpc) is 1.63. The average molecular weight is 201 g/mol. The Morgan fingerprint density at radius 2 is 1.64 bits per heavy atom. The van der Waals surface area contributed by atoms with E-state index in [4.69, 9.17) is 15.3 Å². The Balaban J connectivity index is -0.000000320. The van der Waals surface area contributed by atoms with Crippen molar-refractivity contribution in [1.29, 1.82) is 0 Å². The summed E-state index contributed by atoms with van der Waals surface area (Å²) in [7, 11) is 0. The number of halogens is 1. The highest BCUT2D eigenvalue weighted by Crippen LogP contribution is 1.89. The third kappa shape index (κ3) is 9.72. The van der Waals surface area contributed by atoms with E-state index in [1.165, 1.54) is 0 Å². The van der Waals surface area contributed by atoms with Crippen LogP contribution in [0.1, 0.15) is 6.42 Å². The smallest absolute Gasteiger partial charge is 0.333 e. The minimum Gasteiger partial charge on any atom is -0.481 e. The van der Waals surface area contributed by atoms with Crippen molar-refractivity contribution in [2.45, 2.75) is 12.5 Å². The molecular weight excluding hydrogens is 190 g/mol. The fourth-order valence-corrected chi connectivity index (χ4v) is 0.253. The first-order valence-corrected chi connectivity index (χ1v) is 2.16. The summed E-state index contributed by atoms with van der Waals surface area (Å²) in [6, 6.07) is 0. The molecule has 0 bridgehead atoms. The fourth-order valence-electron chi connectivity index (χ4n) is 0.253. The van der Waals surface area contributed by atoms with Gasteiger partial charge in [0, 0.05) is 0 Å². The van der Waals surface area contributed by atoms with Gasteiger partial charge in [-0.3, -0.25) is 4.79 Å². The molecule has 3 N–H and O–H groups in total. The molecule has 0 rings (SSSR count). The van der Waals surface area contributed by atoms with E-state index in [9.17, 15) is 9.59 Å². The minimum absolute atomic E-state index is 0. The summed E-state index contributed by atoms with van der Waals surface area (Å²) in [6.07, 6.45) is -2.54. The molecule has 0 aliphatic carbocycles. The lowest BCUT2D eigenvalue weighted by atomic mass is 10.3. The summed E-state index contributed by atoms with van der Waals surface area (Å²) in [5.74, 6) is -2.85. The zero-order valence-electron chi connectivity index (χ0n) is 4.85. The summed E-state index contributed by atoms with van der Waals surface area (Å²) < 4.78 is 0. The molecule has 0 heterocycles.